The van der Waals surface area contributed by atoms with E-state index in [1.165, 1.54) is 11.3 Å². The van der Waals surface area contributed by atoms with Crippen molar-refractivity contribution < 1.29 is 4.79 Å². The predicted octanol–water partition coefficient (Wildman–Crippen LogP) is 4.03. The van der Waals surface area contributed by atoms with E-state index in [1.54, 1.807) is 0 Å². The quantitative estimate of drug-likeness (QED) is 0.827. The van der Waals surface area contributed by atoms with Gasteiger partial charge in [-0.15, -0.1) is 0 Å². The van der Waals surface area contributed by atoms with Crippen molar-refractivity contribution in [2.24, 2.45) is 5.41 Å². The van der Waals surface area contributed by atoms with E-state index in [0.29, 0.717) is 6.04 Å². The molecule has 1 unspecified atom stereocenters. The number of benzene rings is 1. The average Bonchev–Trinajstić information content (AvgIpc) is 2.78. The molecule has 0 saturated carbocycles. The fourth-order valence-electron chi connectivity index (χ4n) is 3.30. The lowest BCUT2D eigenvalue weighted by molar-refractivity contribution is -0.123. The van der Waals surface area contributed by atoms with E-state index in [-0.39, 0.29) is 5.91 Å². The van der Waals surface area contributed by atoms with Gasteiger partial charge in [0, 0.05) is 23.7 Å². The van der Waals surface area contributed by atoms with Gasteiger partial charge in [0.1, 0.15) is 0 Å². The lowest BCUT2D eigenvalue weighted by atomic mass is 9.93. The molecule has 23 heavy (non-hydrogen) atoms. The second-order valence-electron chi connectivity index (χ2n) is 7.82. The highest BCUT2D eigenvalue weighted by atomic mass is 16.2. The molecule has 1 aromatic carbocycles. The minimum Gasteiger partial charge on any atom is -0.398 e. The Kier molecular flexibility index (Phi) is 4.65. The molecule has 0 bridgehead atoms. The molecule has 0 radical (unpaired) electrons. The zero-order valence-corrected chi connectivity index (χ0v) is 15.6. The maximum absolute atomic E-state index is 12.6. The molecule has 2 rings (SSSR count). The van der Waals surface area contributed by atoms with Crippen LogP contribution < -0.4 is 16.0 Å². The molecule has 0 aromatic heterocycles. The van der Waals surface area contributed by atoms with Crippen LogP contribution in [0.2, 0.25) is 0 Å². The van der Waals surface area contributed by atoms with Crippen LogP contribution in [-0.2, 0) is 11.2 Å². The fourth-order valence-corrected chi connectivity index (χ4v) is 3.30. The van der Waals surface area contributed by atoms with Gasteiger partial charge in [0.15, 0.2) is 0 Å². The fraction of sp³-hybridized carbons (Fsp3) is 0.632. The molecule has 3 N–H and O–H groups in total. The summed E-state index contributed by atoms with van der Waals surface area (Å²) in [5, 5.41) is 3.17. The summed E-state index contributed by atoms with van der Waals surface area (Å²) in [4.78, 5) is 15.0. The summed E-state index contributed by atoms with van der Waals surface area (Å²) < 4.78 is 0. The maximum atomic E-state index is 12.6. The van der Waals surface area contributed by atoms with Gasteiger partial charge in [0.2, 0.25) is 5.91 Å². The van der Waals surface area contributed by atoms with Gasteiger partial charge in [-0.3, -0.25) is 4.79 Å². The molecule has 1 aliphatic heterocycles. The van der Waals surface area contributed by atoms with E-state index in [1.807, 2.05) is 27.7 Å². The molecular weight excluding hydrogens is 286 g/mol. The van der Waals surface area contributed by atoms with E-state index < -0.39 is 5.41 Å². The third-order valence-electron chi connectivity index (χ3n) is 4.86. The molecule has 1 atom stereocenters. The molecular formula is C19H31N3O. The summed E-state index contributed by atoms with van der Waals surface area (Å²) in [5.41, 5.74) is 12.2. The van der Waals surface area contributed by atoms with Crippen molar-refractivity contribution in [3.05, 3.63) is 16.7 Å². The van der Waals surface area contributed by atoms with Crippen LogP contribution in [0.25, 0.3) is 0 Å². The monoisotopic (exact) mass is 317 g/mol. The van der Waals surface area contributed by atoms with Crippen LogP contribution in [0, 0.1) is 19.3 Å². The molecule has 128 valence electrons. The summed E-state index contributed by atoms with van der Waals surface area (Å²) in [6, 6.07) is 0.440. The number of hydrogen-bond acceptors (Lipinski definition) is 3. The normalized spacial score (nSPS) is 17.3. The number of hydrogen-bond donors (Lipinski definition) is 2. The summed E-state index contributed by atoms with van der Waals surface area (Å²) in [6.45, 7) is 15.3. The van der Waals surface area contributed by atoms with Gasteiger partial charge in [-0.25, -0.2) is 0 Å². The Morgan fingerprint density at radius 1 is 1.30 bits per heavy atom. The molecule has 0 fully saturated rings. The van der Waals surface area contributed by atoms with Crippen LogP contribution >= 0.6 is 0 Å². The molecule has 1 aromatic rings. The van der Waals surface area contributed by atoms with Crippen LogP contribution in [0.1, 0.15) is 57.7 Å². The van der Waals surface area contributed by atoms with E-state index in [9.17, 15) is 4.79 Å². The van der Waals surface area contributed by atoms with E-state index in [4.69, 9.17) is 5.73 Å². The number of nitrogen functional groups attached to an aromatic ring is 1. The second kappa shape index (κ2) is 6.06. The first kappa shape index (κ1) is 17.6. The largest absolute Gasteiger partial charge is 0.398 e. The van der Waals surface area contributed by atoms with Crippen molar-refractivity contribution in [2.75, 3.05) is 22.5 Å². The number of fused-ring (bicyclic) bond motifs is 1. The Balaban J connectivity index is 2.61. The smallest absolute Gasteiger partial charge is 0.229 e. The lowest BCUT2D eigenvalue weighted by Gasteiger charge is -2.29. The molecule has 0 spiro atoms. The number of nitrogens with one attached hydrogen (secondary N) is 1. The van der Waals surface area contributed by atoms with Crippen molar-refractivity contribution in [1.29, 1.82) is 0 Å². The van der Waals surface area contributed by atoms with E-state index in [2.05, 4.69) is 31.0 Å². The third-order valence-corrected chi connectivity index (χ3v) is 4.86. The highest BCUT2D eigenvalue weighted by Crippen LogP contribution is 2.45. The Morgan fingerprint density at radius 2 is 1.91 bits per heavy atom. The molecule has 4 nitrogen and oxygen atoms in total. The van der Waals surface area contributed by atoms with Crippen LogP contribution in [-0.4, -0.2) is 18.5 Å². The number of rotatable bonds is 3. The summed E-state index contributed by atoms with van der Waals surface area (Å²) in [7, 11) is 0. The van der Waals surface area contributed by atoms with Crippen LogP contribution in [0.5, 0.6) is 0 Å². The maximum Gasteiger partial charge on any atom is 0.229 e. The Morgan fingerprint density at radius 3 is 2.43 bits per heavy atom. The van der Waals surface area contributed by atoms with Crippen molar-refractivity contribution in [3.8, 4) is 0 Å². The van der Waals surface area contributed by atoms with Crippen LogP contribution in [0.4, 0.5) is 17.1 Å². The molecule has 1 aliphatic rings. The minimum absolute atomic E-state index is 0.0297. The topological polar surface area (TPSA) is 58.4 Å². The first-order valence-corrected chi connectivity index (χ1v) is 8.59. The summed E-state index contributed by atoms with van der Waals surface area (Å²) in [6.07, 6.45) is 2.07. The molecule has 0 aliphatic carbocycles. The Labute approximate surface area is 140 Å². The molecule has 1 heterocycles. The number of anilines is 3. The molecule has 4 heteroatoms. The highest BCUT2D eigenvalue weighted by molar-refractivity contribution is 6.01. The zero-order chi connectivity index (χ0) is 17.5. The summed E-state index contributed by atoms with van der Waals surface area (Å²) in [5.74, 6) is 0.0297. The standard InChI is InChI=1S/C19H31N3O/c1-8-9-22-11(2)10-14-12(3)15(20)13(4)16(17(14)22)21-18(23)19(5,6)7/h11H,8-10,20H2,1-7H3,(H,21,23). The Hall–Kier alpha value is -1.71. The highest BCUT2D eigenvalue weighted by Gasteiger charge is 2.33. The van der Waals surface area contributed by atoms with Gasteiger partial charge < -0.3 is 16.0 Å². The number of amides is 1. The first-order valence-electron chi connectivity index (χ1n) is 8.59. The van der Waals surface area contributed by atoms with Gasteiger partial charge in [-0.05, 0) is 50.3 Å². The number of nitrogens with zero attached hydrogens (tertiary/aromatic N) is 1. The van der Waals surface area contributed by atoms with Gasteiger partial charge in [-0.1, -0.05) is 27.7 Å². The molecule has 1 amide bonds. The summed E-state index contributed by atoms with van der Waals surface area (Å²) >= 11 is 0. The van der Waals surface area contributed by atoms with Crippen LogP contribution in [0.15, 0.2) is 0 Å². The SMILES string of the molecule is CCCN1c2c(c(C)c(N)c(C)c2NC(=O)C(C)(C)C)CC1C. The van der Waals surface area contributed by atoms with Crippen molar-refractivity contribution in [2.45, 2.75) is 67.3 Å². The number of nitrogens with two attached hydrogens (primary N) is 1. The van der Waals surface area contributed by atoms with Gasteiger partial charge in [0.05, 0.1) is 11.4 Å². The van der Waals surface area contributed by atoms with Gasteiger partial charge in [0.25, 0.3) is 0 Å². The third kappa shape index (κ3) is 3.04. The van der Waals surface area contributed by atoms with Gasteiger partial charge in [-0.2, -0.15) is 0 Å². The van der Waals surface area contributed by atoms with Crippen molar-refractivity contribution in [1.82, 2.24) is 0 Å². The van der Waals surface area contributed by atoms with Crippen molar-refractivity contribution in [3.63, 3.8) is 0 Å². The van der Waals surface area contributed by atoms with Crippen LogP contribution in [0.3, 0.4) is 0 Å². The number of carbonyl (C=O) groups excluding carboxylic acids is 1. The second-order valence-corrected chi connectivity index (χ2v) is 7.82. The Bertz CT molecular complexity index is 629. The lowest BCUT2D eigenvalue weighted by Crippen LogP contribution is -2.32. The zero-order valence-electron chi connectivity index (χ0n) is 15.6. The van der Waals surface area contributed by atoms with Crippen molar-refractivity contribution >= 4 is 23.0 Å². The van der Waals surface area contributed by atoms with E-state index in [0.717, 1.165) is 41.9 Å². The van der Waals surface area contributed by atoms with Gasteiger partial charge >= 0.3 is 0 Å². The average molecular weight is 317 g/mol. The molecule has 0 saturated heterocycles. The first-order chi connectivity index (χ1) is 10.6. The van der Waals surface area contributed by atoms with E-state index >= 15 is 0 Å². The predicted molar refractivity (Wildman–Crippen MR) is 99.2 cm³/mol. The minimum atomic E-state index is -0.432. The number of carbonyl (C=O) groups is 1.